The van der Waals surface area contributed by atoms with Gasteiger partial charge in [0, 0.05) is 11.3 Å². The monoisotopic (exact) mass is 299 g/mol. The van der Waals surface area contributed by atoms with Crippen LogP contribution in [0, 0.1) is 0 Å². The number of hydrogen-bond donors (Lipinski definition) is 1. The number of benzene rings is 2. The van der Waals surface area contributed by atoms with Crippen LogP contribution in [0.4, 0.5) is 11.4 Å². The van der Waals surface area contributed by atoms with Gasteiger partial charge in [-0.1, -0.05) is 30.3 Å². The smallest absolute Gasteiger partial charge is 0.339 e. The summed E-state index contributed by atoms with van der Waals surface area (Å²) in [7, 11) is 1.37. The predicted octanol–water partition coefficient (Wildman–Crippen LogP) is 3.26. The van der Waals surface area contributed by atoms with Crippen molar-refractivity contribution in [3.8, 4) is 0 Å². The van der Waals surface area contributed by atoms with Crippen LogP contribution in [0.5, 0.6) is 0 Å². The summed E-state index contributed by atoms with van der Waals surface area (Å²) in [5.74, 6) is -0.381. The molecular weight excluding hydrogens is 282 g/mol. The number of carbonyl (C=O) groups is 1. The summed E-state index contributed by atoms with van der Waals surface area (Å²) < 4.78 is 15.9. The largest absolute Gasteiger partial charge is 0.465 e. The van der Waals surface area contributed by atoms with Gasteiger partial charge in [-0.15, -0.1) is 0 Å². The van der Waals surface area contributed by atoms with Crippen molar-refractivity contribution in [1.29, 1.82) is 0 Å². The molecule has 1 fully saturated rings. The van der Waals surface area contributed by atoms with Gasteiger partial charge in [-0.2, -0.15) is 0 Å². The van der Waals surface area contributed by atoms with Gasteiger partial charge < -0.3 is 19.5 Å². The molecule has 0 unspecified atom stereocenters. The van der Waals surface area contributed by atoms with E-state index in [1.165, 1.54) is 7.11 Å². The van der Waals surface area contributed by atoms with Gasteiger partial charge >= 0.3 is 5.97 Å². The zero-order valence-electron chi connectivity index (χ0n) is 12.2. The number of para-hydroxylation sites is 2. The lowest BCUT2D eigenvalue weighted by molar-refractivity contribution is -0.0435. The van der Waals surface area contributed by atoms with E-state index in [0.717, 1.165) is 11.3 Å². The first-order valence-electron chi connectivity index (χ1n) is 7.06. The molecule has 114 valence electrons. The molecule has 1 N–H and O–H groups in total. The second-order valence-corrected chi connectivity index (χ2v) is 4.82. The Balaban J connectivity index is 1.92. The van der Waals surface area contributed by atoms with E-state index in [-0.39, 0.29) is 12.3 Å². The third-order valence-electron chi connectivity index (χ3n) is 3.44. The minimum Gasteiger partial charge on any atom is -0.465 e. The van der Waals surface area contributed by atoms with Crippen molar-refractivity contribution in [2.24, 2.45) is 0 Å². The Morgan fingerprint density at radius 1 is 1.05 bits per heavy atom. The van der Waals surface area contributed by atoms with Gasteiger partial charge in [0.05, 0.1) is 31.6 Å². The van der Waals surface area contributed by atoms with E-state index in [9.17, 15) is 4.79 Å². The van der Waals surface area contributed by atoms with Crippen LogP contribution in [-0.4, -0.2) is 26.3 Å². The Bertz CT molecular complexity index is 665. The lowest BCUT2D eigenvalue weighted by Gasteiger charge is -2.17. The molecule has 1 heterocycles. The zero-order valence-corrected chi connectivity index (χ0v) is 12.2. The second-order valence-electron chi connectivity index (χ2n) is 4.82. The van der Waals surface area contributed by atoms with E-state index >= 15 is 0 Å². The molecule has 0 bridgehead atoms. The van der Waals surface area contributed by atoms with Crippen molar-refractivity contribution in [2.45, 2.75) is 6.29 Å². The molecule has 22 heavy (non-hydrogen) atoms. The number of hydrogen-bond acceptors (Lipinski definition) is 5. The summed E-state index contributed by atoms with van der Waals surface area (Å²) in [6.45, 7) is 1.16. The minimum atomic E-state index is -0.381. The maximum Gasteiger partial charge on any atom is 0.339 e. The fraction of sp³-hybridized carbons (Fsp3) is 0.235. The van der Waals surface area contributed by atoms with E-state index in [0.29, 0.717) is 24.5 Å². The highest BCUT2D eigenvalue weighted by molar-refractivity contribution is 5.96. The highest BCUT2D eigenvalue weighted by Crippen LogP contribution is 2.32. The van der Waals surface area contributed by atoms with Crippen molar-refractivity contribution in [2.75, 3.05) is 25.6 Å². The maximum atomic E-state index is 11.9. The molecule has 1 aliphatic rings. The van der Waals surface area contributed by atoms with Gasteiger partial charge in [-0.05, 0) is 18.2 Å². The van der Waals surface area contributed by atoms with Crippen LogP contribution >= 0.6 is 0 Å². The highest BCUT2D eigenvalue weighted by Gasteiger charge is 2.21. The van der Waals surface area contributed by atoms with Crippen LogP contribution < -0.4 is 5.32 Å². The number of anilines is 2. The average molecular weight is 299 g/mol. The third kappa shape index (κ3) is 2.95. The van der Waals surface area contributed by atoms with Gasteiger partial charge in [-0.3, -0.25) is 0 Å². The van der Waals surface area contributed by atoms with E-state index < -0.39 is 0 Å². The van der Waals surface area contributed by atoms with Crippen molar-refractivity contribution in [3.05, 3.63) is 59.7 Å². The van der Waals surface area contributed by atoms with E-state index in [1.54, 1.807) is 12.1 Å². The number of nitrogens with one attached hydrogen (secondary N) is 1. The highest BCUT2D eigenvalue weighted by atomic mass is 16.7. The Morgan fingerprint density at radius 3 is 2.41 bits per heavy atom. The molecule has 1 aliphatic heterocycles. The number of rotatable bonds is 4. The first kappa shape index (κ1) is 14.6. The zero-order chi connectivity index (χ0) is 15.4. The molecule has 5 heteroatoms. The molecule has 3 rings (SSSR count). The van der Waals surface area contributed by atoms with Crippen molar-refractivity contribution in [3.63, 3.8) is 0 Å². The van der Waals surface area contributed by atoms with Gasteiger partial charge in [0.1, 0.15) is 0 Å². The summed E-state index contributed by atoms with van der Waals surface area (Å²) in [6.07, 6.45) is -0.381. The van der Waals surface area contributed by atoms with Gasteiger partial charge in [0.2, 0.25) is 0 Å². The van der Waals surface area contributed by atoms with Crippen LogP contribution in [0.25, 0.3) is 0 Å². The number of ether oxygens (including phenoxy) is 3. The quantitative estimate of drug-likeness (QED) is 0.878. The maximum absolute atomic E-state index is 11.9. The Kier molecular flexibility index (Phi) is 4.37. The summed E-state index contributed by atoms with van der Waals surface area (Å²) in [5, 5.41) is 3.27. The van der Waals surface area contributed by atoms with Gasteiger partial charge in [0.25, 0.3) is 0 Å². The van der Waals surface area contributed by atoms with Crippen molar-refractivity contribution < 1.29 is 19.0 Å². The van der Waals surface area contributed by atoms with E-state index in [1.807, 2.05) is 36.4 Å². The lowest BCUT2D eigenvalue weighted by Crippen LogP contribution is -2.07. The first-order chi connectivity index (χ1) is 10.8. The molecule has 0 atom stereocenters. The van der Waals surface area contributed by atoms with E-state index in [4.69, 9.17) is 14.2 Å². The normalized spacial score (nSPS) is 14.8. The van der Waals surface area contributed by atoms with Crippen LogP contribution in [-0.2, 0) is 14.2 Å². The van der Waals surface area contributed by atoms with Crippen molar-refractivity contribution in [1.82, 2.24) is 0 Å². The molecule has 0 amide bonds. The van der Waals surface area contributed by atoms with Crippen molar-refractivity contribution >= 4 is 17.3 Å². The molecule has 0 aliphatic carbocycles. The van der Waals surface area contributed by atoms with Gasteiger partial charge in [0.15, 0.2) is 6.29 Å². The first-order valence-corrected chi connectivity index (χ1v) is 7.06. The number of esters is 1. The third-order valence-corrected chi connectivity index (χ3v) is 3.44. The standard InChI is InChI=1S/C17H17NO4/c1-20-16(19)12-6-2-4-8-14(12)18-15-9-5-3-7-13(15)17-21-10-11-22-17/h2-9,17-18H,10-11H2,1H3. The molecule has 2 aromatic carbocycles. The molecule has 0 radical (unpaired) electrons. The Hall–Kier alpha value is -2.37. The van der Waals surface area contributed by atoms with E-state index in [2.05, 4.69) is 5.32 Å². The SMILES string of the molecule is COC(=O)c1ccccc1Nc1ccccc1C1OCCO1. The molecule has 1 saturated heterocycles. The fourth-order valence-electron chi connectivity index (χ4n) is 2.38. The molecule has 0 spiro atoms. The number of methoxy groups -OCH3 is 1. The molecule has 5 nitrogen and oxygen atoms in total. The summed E-state index contributed by atoms with van der Waals surface area (Å²) in [4.78, 5) is 11.9. The second kappa shape index (κ2) is 6.60. The summed E-state index contributed by atoms with van der Waals surface area (Å²) in [6, 6.07) is 14.9. The van der Waals surface area contributed by atoms with Crippen LogP contribution in [0.3, 0.4) is 0 Å². The van der Waals surface area contributed by atoms with Crippen LogP contribution in [0.2, 0.25) is 0 Å². The topological polar surface area (TPSA) is 56.8 Å². The van der Waals surface area contributed by atoms with Crippen LogP contribution in [0.1, 0.15) is 22.2 Å². The summed E-state index contributed by atoms with van der Waals surface area (Å²) >= 11 is 0. The predicted molar refractivity (Wildman–Crippen MR) is 82.2 cm³/mol. The Morgan fingerprint density at radius 2 is 1.68 bits per heavy atom. The minimum absolute atomic E-state index is 0.381. The fourth-order valence-corrected chi connectivity index (χ4v) is 2.38. The van der Waals surface area contributed by atoms with Crippen LogP contribution in [0.15, 0.2) is 48.5 Å². The Labute approximate surface area is 128 Å². The summed E-state index contributed by atoms with van der Waals surface area (Å²) in [5.41, 5.74) is 2.90. The number of carbonyl (C=O) groups excluding carboxylic acids is 1. The molecule has 0 saturated carbocycles. The molecule has 2 aromatic rings. The molecular formula is C17H17NO4. The lowest BCUT2D eigenvalue weighted by atomic mass is 10.1. The average Bonchev–Trinajstić information content (AvgIpc) is 3.09. The van der Waals surface area contributed by atoms with Gasteiger partial charge in [-0.25, -0.2) is 4.79 Å². The molecule has 0 aromatic heterocycles.